The Labute approximate surface area is 131 Å². The maximum atomic E-state index is 12.3. The molecule has 3 N–H and O–H groups in total. The number of thiazole rings is 1. The van der Waals surface area contributed by atoms with Crippen molar-refractivity contribution in [1.82, 2.24) is 15.2 Å². The number of carbonyl (C=O) groups is 1. The van der Waals surface area contributed by atoms with E-state index >= 15 is 0 Å². The van der Waals surface area contributed by atoms with Crippen LogP contribution in [0, 0.1) is 0 Å². The van der Waals surface area contributed by atoms with Crippen LogP contribution in [0.25, 0.3) is 0 Å². The van der Waals surface area contributed by atoms with Gasteiger partial charge in [-0.3, -0.25) is 4.79 Å². The van der Waals surface area contributed by atoms with Gasteiger partial charge in [-0.2, -0.15) is 0 Å². The Morgan fingerprint density at radius 2 is 2.00 bits per heavy atom. The minimum absolute atomic E-state index is 0.110. The highest BCUT2D eigenvalue weighted by Crippen LogP contribution is 2.27. The monoisotopic (exact) mass is 313 g/mol. The van der Waals surface area contributed by atoms with Gasteiger partial charge in [0.05, 0.1) is 0 Å². The van der Waals surface area contributed by atoms with E-state index < -0.39 is 0 Å². The summed E-state index contributed by atoms with van der Waals surface area (Å²) < 4.78 is 0. The van der Waals surface area contributed by atoms with Crippen molar-refractivity contribution < 1.29 is 4.79 Å². The zero-order chi connectivity index (χ0) is 16.0. The third kappa shape index (κ3) is 5.17. The van der Waals surface area contributed by atoms with E-state index in [-0.39, 0.29) is 11.9 Å². The SMILES string of the molecule is CCN(CC)c1nc(N)c(C(=O)NC(C)CCN(C)C)s1. The number of amides is 1. The van der Waals surface area contributed by atoms with Gasteiger partial charge in [0.1, 0.15) is 10.7 Å². The molecule has 1 aromatic heterocycles. The molecule has 6 nitrogen and oxygen atoms in total. The summed E-state index contributed by atoms with van der Waals surface area (Å²) in [6, 6.07) is 0.110. The molecule has 1 atom stereocenters. The standard InChI is InChI=1S/C14H27N5OS/c1-6-19(7-2)14-17-12(15)11(21-14)13(20)16-10(3)8-9-18(4)5/h10H,6-9,15H2,1-5H3,(H,16,20). The molecule has 0 saturated heterocycles. The molecule has 0 saturated carbocycles. The maximum absolute atomic E-state index is 12.3. The molecule has 0 fully saturated rings. The van der Waals surface area contributed by atoms with E-state index in [1.54, 1.807) is 0 Å². The quantitative estimate of drug-likeness (QED) is 0.763. The van der Waals surface area contributed by atoms with Crippen molar-refractivity contribution in [3.8, 4) is 0 Å². The molecular formula is C14H27N5OS. The van der Waals surface area contributed by atoms with Crippen LogP contribution >= 0.6 is 11.3 Å². The van der Waals surface area contributed by atoms with Crippen LogP contribution in [0.2, 0.25) is 0 Å². The first kappa shape index (κ1) is 17.7. The maximum Gasteiger partial charge on any atom is 0.265 e. The Morgan fingerprint density at radius 3 is 2.52 bits per heavy atom. The van der Waals surface area contributed by atoms with Crippen molar-refractivity contribution in [2.75, 3.05) is 44.4 Å². The van der Waals surface area contributed by atoms with Gasteiger partial charge in [-0.25, -0.2) is 4.98 Å². The fourth-order valence-corrected chi connectivity index (χ4v) is 2.94. The molecule has 120 valence electrons. The van der Waals surface area contributed by atoms with Crippen molar-refractivity contribution >= 4 is 28.2 Å². The van der Waals surface area contributed by atoms with E-state index in [0.717, 1.165) is 31.2 Å². The highest BCUT2D eigenvalue weighted by molar-refractivity contribution is 7.18. The zero-order valence-electron chi connectivity index (χ0n) is 13.6. The lowest BCUT2D eigenvalue weighted by Gasteiger charge is -2.17. The topological polar surface area (TPSA) is 74.5 Å². The van der Waals surface area contributed by atoms with Gasteiger partial charge in [-0.15, -0.1) is 0 Å². The summed E-state index contributed by atoms with van der Waals surface area (Å²) in [5, 5.41) is 3.80. The molecule has 1 heterocycles. The van der Waals surface area contributed by atoms with Crippen molar-refractivity contribution in [3.05, 3.63) is 4.88 Å². The molecule has 0 bridgehead atoms. The zero-order valence-corrected chi connectivity index (χ0v) is 14.5. The highest BCUT2D eigenvalue weighted by atomic mass is 32.1. The van der Waals surface area contributed by atoms with E-state index in [1.165, 1.54) is 11.3 Å². The molecule has 0 aromatic carbocycles. The number of anilines is 2. The molecule has 0 aliphatic heterocycles. The Hall–Kier alpha value is -1.34. The molecule has 0 spiro atoms. The summed E-state index contributed by atoms with van der Waals surface area (Å²) in [4.78, 5) is 21.3. The first-order valence-corrected chi connectivity index (χ1v) is 8.17. The molecule has 1 rings (SSSR count). The van der Waals surface area contributed by atoms with Gasteiger partial charge < -0.3 is 20.9 Å². The summed E-state index contributed by atoms with van der Waals surface area (Å²) in [5.74, 6) is 0.189. The fraction of sp³-hybridized carbons (Fsp3) is 0.714. The van der Waals surface area contributed by atoms with Gasteiger partial charge in [0, 0.05) is 19.1 Å². The number of rotatable bonds is 8. The van der Waals surface area contributed by atoms with Crippen molar-refractivity contribution in [3.63, 3.8) is 0 Å². The molecule has 1 unspecified atom stereocenters. The van der Waals surface area contributed by atoms with Crippen molar-refractivity contribution in [2.45, 2.75) is 33.2 Å². The van der Waals surface area contributed by atoms with Crippen LogP contribution in [-0.2, 0) is 0 Å². The lowest BCUT2D eigenvalue weighted by atomic mass is 10.2. The minimum Gasteiger partial charge on any atom is -0.382 e. The molecule has 7 heteroatoms. The normalized spacial score (nSPS) is 12.5. The number of carbonyl (C=O) groups excluding carboxylic acids is 1. The second kappa shape index (κ2) is 8.19. The number of aromatic nitrogens is 1. The van der Waals surface area contributed by atoms with Gasteiger partial charge in [0.2, 0.25) is 0 Å². The van der Waals surface area contributed by atoms with Gasteiger partial charge in [0.15, 0.2) is 5.13 Å². The van der Waals surface area contributed by atoms with Gasteiger partial charge >= 0.3 is 0 Å². The molecular weight excluding hydrogens is 286 g/mol. The molecule has 1 aromatic rings. The highest BCUT2D eigenvalue weighted by Gasteiger charge is 2.19. The predicted molar refractivity (Wildman–Crippen MR) is 90.2 cm³/mol. The van der Waals surface area contributed by atoms with Crippen LogP contribution in [0.1, 0.15) is 36.9 Å². The average Bonchev–Trinajstić information content (AvgIpc) is 2.80. The number of hydrogen-bond acceptors (Lipinski definition) is 6. The van der Waals surface area contributed by atoms with Crippen LogP contribution in [-0.4, -0.2) is 55.6 Å². The number of hydrogen-bond donors (Lipinski definition) is 2. The Balaban J connectivity index is 2.70. The second-order valence-corrected chi connectivity index (χ2v) is 6.33. The summed E-state index contributed by atoms with van der Waals surface area (Å²) in [6.45, 7) is 8.76. The summed E-state index contributed by atoms with van der Waals surface area (Å²) in [7, 11) is 4.04. The van der Waals surface area contributed by atoms with E-state index in [1.807, 2.05) is 21.0 Å². The van der Waals surface area contributed by atoms with Gasteiger partial charge in [0.25, 0.3) is 5.91 Å². The lowest BCUT2D eigenvalue weighted by molar-refractivity contribution is 0.0941. The average molecular weight is 313 g/mol. The lowest BCUT2D eigenvalue weighted by Crippen LogP contribution is -2.34. The van der Waals surface area contributed by atoms with E-state index in [9.17, 15) is 4.79 Å². The number of nitrogens with one attached hydrogen (secondary N) is 1. The molecule has 21 heavy (non-hydrogen) atoms. The van der Waals surface area contributed by atoms with Crippen molar-refractivity contribution in [1.29, 1.82) is 0 Å². The van der Waals surface area contributed by atoms with Crippen LogP contribution in [0.5, 0.6) is 0 Å². The molecule has 1 amide bonds. The van der Waals surface area contributed by atoms with Crippen LogP contribution < -0.4 is 16.0 Å². The van der Waals surface area contributed by atoms with Crippen LogP contribution in [0.3, 0.4) is 0 Å². The van der Waals surface area contributed by atoms with Crippen LogP contribution in [0.15, 0.2) is 0 Å². The van der Waals surface area contributed by atoms with E-state index in [2.05, 4.69) is 33.9 Å². The second-order valence-electron chi connectivity index (χ2n) is 5.35. The third-order valence-electron chi connectivity index (χ3n) is 3.27. The minimum atomic E-state index is -0.130. The molecule has 0 aliphatic rings. The predicted octanol–water partition coefficient (Wildman–Crippen LogP) is 1.64. The van der Waals surface area contributed by atoms with E-state index in [4.69, 9.17) is 5.73 Å². The number of nitrogens with two attached hydrogens (primary N) is 1. The number of nitrogen functional groups attached to an aromatic ring is 1. The smallest absolute Gasteiger partial charge is 0.265 e. The fourth-order valence-electron chi connectivity index (χ4n) is 1.93. The first-order chi connectivity index (χ1) is 9.88. The van der Waals surface area contributed by atoms with E-state index in [0.29, 0.717) is 10.7 Å². The third-order valence-corrected chi connectivity index (χ3v) is 4.40. The first-order valence-electron chi connectivity index (χ1n) is 7.35. The summed E-state index contributed by atoms with van der Waals surface area (Å²) in [6.07, 6.45) is 0.903. The van der Waals surface area contributed by atoms with Crippen LogP contribution in [0.4, 0.5) is 10.9 Å². The number of nitrogens with zero attached hydrogens (tertiary/aromatic N) is 3. The molecule has 0 aliphatic carbocycles. The van der Waals surface area contributed by atoms with Crippen molar-refractivity contribution in [2.24, 2.45) is 0 Å². The molecule has 0 radical (unpaired) electrons. The Kier molecular flexibility index (Phi) is 6.91. The Morgan fingerprint density at radius 1 is 1.38 bits per heavy atom. The summed E-state index contributed by atoms with van der Waals surface area (Å²) >= 11 is 1.36. The summed E-state index contributed by atoms with van der Waals surface area (Å²) in [5.41, 5.74) is 5.89. The van der Waals surface area contributed by atoms with Gasteiger partial charge in [-0.05, 0) is 47.8 Å². The Bertz CT molecular complexity index is 456. The largest absolute Gasteiger partial charge is 0.382 e. The van der Waals surface area contributed by atoms with Gasteiger partial charge in [-0.1, -0.05) is 11.3 Å².